The number of aromatic nitrogens is 1. The van der Waals surface area contributed by atoms with E-state index in [4.69, 9.17) is 16.7 Å². The van der Waals surface area contributed by atoms with Crippen molar-refractivity contribution in [2.24, 2.45) is 0 Å². The van der Waals surface area contributed by atoms with E-state index in [1.165, 1.54) is 0 Å². The third-order valence-corrected chi connectivity index (χ3v) is 2.57. The summed E-state index contributed by atoms with van der Waals surface area (Å²) in [6.45, 7) is 9.52. The summed E-state index contributed by atoms with van der Waals surface area (Å²) in [6.07, 6.45) is 0. The van der Waals surface area contributed by atoms with Gasteiger partial charge in [0.25, 0.3) is 5.91 Å². The van der Waals surface area contributed by atoms with Crippen molar-refractivity contribution in [3.05, 3.63) is 17.0 Å². The fourth-order valence-electron chi connectivity index (χ4n) is 1.53. The minimum atomic E-state index is -0.310. The number of carbonyl (C=O) groups is 1. The topological polar surface area (TPSA) is 79.2 Å². The lowest BCUT2D eigenvalue weighted by Crippen LogP contribution is -2.48. The van der Waals surface area contributed by atoms with Gasteiger partial charge in [0.05, 0.1) is 5.69 Å². The summed E-state index contributed by atoms with van der Waals surface area (Å²) < 4.78 is 5.16. The molecule has 0 saturated carbocycles. The van der Waals surface area contributed by atoms with Gasteiger partial charge in [-0.05, 0) is 33.0 Å². The van der Waals surface area contributed by atoms with E-state index in [-0.39, 0.29) is 17.9 Å². The van der Waals surface area contributed by atoms with Gasteiger partial charge >= 0.3 is 0 Å². The lowest BCUT2D eigenvalue weighted by atomic mass is 10.1. The molecule has 0 atom stereocenters. The first-order valence-electron chi connectivity index (χ1n) is 6.16. The van der Waals surface area contributed by atoms with E-state index in [9.17, 15) is 4.79 Å². The first-order chi connectivity index (χ1) is 8.82. The summed E-state index contributed by atoms with van der Waals surface area (Å²) in [6, 6.07) is 0.195. The molecule has 0 aromatic carbocycles. The lowest BCUT2D eigenvalue weighted by molar-refractivity contribution is 0.0940. The standard InChI is InChI=1S/C12H20N4O2S/c1-6(2)10-9(8(5)16-18-10)11(17)14-15-12(19)13-7(3)4/h6-7H,1-5H3,(H,14,17)(H2,13,15,19). The van der Waals surface area contributed by atoms with Crippen LogP contribution in [0, 0.1) is 6.92 Å². The number of carbonyl (C=O) groups excluding carboxylic acids is 1. The molecule has 19 heavy (non-hydrogen) atoms. The molecule has 0 aliphatic carbocycles. The molecule has 6 nitrogen and oxygen atoms in total. The third kappa shape index (κ3) is 4.20. The number of nitrogens with zero attached hydrogens (tertiary/aromatic N) is 1. The van der Waals surface area contributed by atoms with Crippen molar-refractivity contribution in [3.8, 4) is 0 Å². The van der Waals surface area contributed by atoms with Gasteiger partial charge in [-0.3, -0.25) is 15.6 Å². The van der Waals surface area contributed by atoms with Gasteiger partial charge in [0.2, 0.25) is 0 Å². The van der Waals surface area contributed by atoms with Gasteiger partial charge in [-0.1, -0.05) is 19.0 Å². The number of hydrazine groups is 1. The molecular weight excluding hydrogens is 264 g/mol. The second-order valence-corrected chi connectivity index (χ2v) is 5.28. The summed E-state index contributed by atoms with van der Waals surface area (Å²) in [7, 11) is 0. The van der Waals surface area contributed by atoms with Crippen molar-refractivity contribution in [2.45, 2.75) is 46.6 Å². The molecule has 1 heterocycles. The van der Waals surface area contributed by atoms with Crippen LogP contribution in [0.3, 0.4) is 0 Å². The first-order valence-corrected chi connectivity index (χ1v) is 6.56. The van der Waals surface area contributed by atoms with E-state index in [1.807, 2.05) is 27.7 Å². The van der Waals surface area contributed by atoms with Gasteiger partial charge in [-0.15, -0.1) is 0 Å². The van der Waals surface area contributed by atoms with Crippen molar-refractivity contribution in [3.63, 3.8) is 0 Å². The second-order valence-electron chi connectivity index (χ2n) is 4.87. The summed E-state index contributed by atoms with van der Waals surface area (Å²) in [5, 5.41) is 7.15. The Hall–Kier alpha value is -1.63. The highest BCUT2D eigenvalue weighted by molar-refractivity contribution is 7.80. The molecule has 0 unspecified atom stereocenters. The molecule has 1 aromatic heterocycles. The molecule has 3 N–H and O–H groups in total. The van der Waals surface area contributed by atoms with Crippen molar-refractivity contribution in [1.82, 2.24) is 21.3 Å². The van der Waals surface area contributed by atoms with E-state index in [0.29, 0.717) is 22.1 Å². The normalized spacial score (nSPS) is 10.7. The smallest absolute Gasteiger partial charge is 0.275 e. The van der Waals surface area contributed by atoms with Crippen LogP contribution in [-0.4, -0.2) is 22.2 Å². The van der Waals surface area contributed by atoms with Crippen LogP contribution in [0.25, 0.3) is 0 Å². The van der Waals surface area contributed by atoms with Gasteiger partial charge < -0.3 is 9.84 Å². The van der Waals surface area contributed by atoms with Crippen LogP contribution in [-0.2, 0) is 0 Å². The Kier molecular flexibility index (Phi) is 5.29. The van der Waals surface area contributed by atoms with Gasteiger partial charge in [0.1, 0.15) is 5.56 Å². The Morgan fingerprint density at radius 1 is 1.26 bits per heavy atom. The van der Waals surface area contributed by atoms with Gasteiger partial charge in [0, 0.05) is 12.0 Å². The molecule has 0 bridgehead atoms. The molecule has 0 aliphatic heterocycles. The molecule has 7 heteroatoms. The molecule has 0 radical (unpaired) electrons. The number of aryl methyl sites for hydroxylation is 1. The maximum Gasteiger partial charge on any atom is 0.275 e. The Morgan fingerprint density at radius 3 is 2.42 bits per heavy atom. The zero-order chi connectivity index (χ0) is 14.6. The molecule has 1 amide bonds. The van der Waals surface area contributed by atoms with E-state index < -0.39 is 0 Å². The molecule has 106 valence electrons. The zero-order valence-corrected chi connectivity index (χ0v) is 12.6. The summed E-state index contributed by atoms with van der Waals surface area (Å²) >= 11 is 5.02. The fraction of sp³-hybridized carbons (Fsp3) is 0.583. The maximum absolute atomic E-state index is 12.1. The van der Waals surface area contributed by atoms with Crippen LogP contribution >= 0.6 is 12.2 Å². The second kappa shape index (κ2) is 6.51. The van der Waals surface area contributed by atoms with Gasteiger partial charge in [-0.25, -0.2) is 0 Å². The SMILES string of the molecule is Cc1noc(C(C)C)c1C(=O)NNC(=S)NC(C)C. The van der Waals surface area contributed by atoms with Crippen molar-refractivity contribution < 1.29 is 9.32 Å². The van der Waals surface area contributed by atoms with E-state index in [0.717, 1.165) is 0 Å². The molecular formula is C12H20N4O2S. The third-order valence-electron chi connectivity index (χ3n) is 2.35. The van der Waals surface area contributed by atoms with Gasteiger partial charge in [0.15, 0.2) is 10.9 Å². The van der Waals surface area contributed by atoms with Crippen LogP contribution in [0.4, 0.5) is 0 Å². The van der Waals surface area contributed by atoms with Crippen LogP contribution in [0.15, 0.2) is 4.52 Å². The molecule has 0 aliphatic rings. The first kappa shape index (κ1) is 15.4. The number of rotatable bonds is 3. The predicted octanol–water partition coefficient (Wildman–Crippen LogP) is 1.62. The Balaban J connectivity index is 2.69. The monoisotopic (exact) mass is 284 g/mol. The summed E-state index contributed by atoms with van der Waals surface area (Å²) in [5.41, 5.74) is 6.19. The molecule has 1 rings (SSSR count). The van der Waals surface area contributed by atoms with Gasteiger partial charge in [-0.2, -0.15) is 0 Å². The number of thiocarbonyl (C=S) groups is 1. The lowest BCUT2D eigenvalue weighted by Gasteiger charge is -2.14. The predicted molar refractivity (Wildman–Crippen MR) is 76.8 cm³/mol. The summed E-state index contributed by atoms with van der Waals surface area (Å²) in [4.78, 5) is 12.1. The quantitative estimate of drug-likeness (QED) is 0.578. The number of nitrogens with one attached hydrogen (secondary N) is 3. The summed E-state index contributed by atoms with van der Waals surface area (Å²) in [5.74, 6) is 0.345. The van der Waals surface area contributed by atoms with Crippen molar-refractivity contribution in [2.75, 3.05) is 0 Å². The molecule has 0 spiro atoms. The Morgan fingerprint density at radius 2 is 1.89 bits per heavy atom. The van der Waals surface area contributed by atoms with E-state index >= 15 is 0 Å². The van der Waals surface area contributed by atoms with E-state index in [1.54, 1.807) is 6.92 Å². The molecule has 1 aromatic rings. The van der Waals surface area contributed by atoms with Crippen molar-refractivity contribution >= 4 is 23.2 Å². The van der Waals surface area contributed by atoms with E-state index in [2.05, 4.69) is 21.3 Å². The van der Waals surface area contributed by atoms with Crippen molar-refractivity contribution in [1.29, 1.82) is 0 Å². The minimum absolute atomic E-state index is 0.0858. The Labute approximate surface area is 118 Å². The highest BCUT2D eigenvalue weighted by atomic mass is 32.1. The van der Waals surface area contributed by atoms with Crippen LogP contribution < -0.4 is 16.2 Å². The van der Waals surface area contributed by atoms with Crippen LogP contribution in [0.1, 0.15) is 55.4 Å². The average Bonchev–Trinajstić information content (AvgIpc) is 2.67. The highest BCUT2D eigenvalue weighted by Gasteiger charge is 2.22. The minimum Gasteiger partial charge on any atom is -0.360 e. The Bertz CT molecular complexity index is 468. The zero-order valence-electron chi connectivity index (χ0n) is 11.8. The average molecular weight is 284 g/mol. The highest BCUT2D eigenvalue weighted by Crippen LogP contribution is 2.21. The fourth-order valence-corrected chi connectivity index (χ4v) is 1.82. The number of hydrogen-bond donors (Lipinski definition) is 3. The molecule has 0 saturated heterocycles. The largest absolute Gasteiger partial charge is 0.360 e. The van der Waals surface area contributed by atoms with Crippen LogP contribution in [0.5, 0.6) is 0 Å². The van der Waals surface area contributed by atoms with Crippen LogP contribution in [0.2, 0.25) is 0 Å². The maximum atomic E-state index is 12.1. The number of amides is 1. The number of hydrogen-bond acceptors (Lipinski definition) is 4. The molecule has 0 fully saturated rings.